The van der Waals surface area contributed by atoms with E-state index in [1.54, 1.807) is 0 Å². The van der Waals surface area contributed by atoms with Gasteiger partial charge in [0.2, 0.25) is 5.91 Å². The Labute approximate surface area is 112 Å². The van der Waals surface area contributed by atoms with Crippen molar-refractivity contribution >= 4 is 5.91 Å². The quantitative estimate of drug-likeness (QED) is 0.694. The van der Waals surface area contributed by atoms with Crippen molar-refractivity contribution in [2.45, 2.75) is 32.2 Å². The summed E-state index contributed by atoms with van der Waals surface area (Å²) in [6.07, 6.45) is 1.05. The smallest absolute Gasteiger partial charge is 0.223 e. The van der Waals surface area contributed by atoms with Crippen LogP contribution in [-0.4, -0.2) is 47.3 Å². The van der Waals surface area contributed by atoms with Gasteiger partial charge in [-0.15, -0.1) is 5.10 Å². The van der Waals surface area contributed by atoms with Gasteiger partial charge in [-0.2, -0.15) is 0 Å². The van der Waals surface area contributed by atoms with E-state index in [1.165, 1.54) is 0 Å². The molecule has 1 aromatic rings. The first-order valence-corrected chi connectivity index (χ1v) is 6.58. The molecule has 0 radical (unpaired) electrons. The third kappa shape index (κ3) is 3.51. The average molecular weight is 268 g/mol. The molecule has 1 saturated heterocycles. The highest BCUT2D eigenvalue weighted by molar-refractivity contribution is 5.76. The van der Waals surface area contributed by atoms with Crippen molar-refractivity contribution in [3.8, 4) is 0 Å². The summed E-state index contributed by atoms with van der Waals surface area (Å²) in [6, 6.07) is 0. The molecule has 2 N–H and O–H groups in total. The summed E-state index contributed by atoms with van der Waals surface area (Å²) in [5.41, 5.74) is 6.89. The van der Waals surface area contributed by atoms with Gasteiger partial charge in [0.25, 0.3) is 0 Å². The number of amides is 1. The van der Waals surface area contributed by atoms with Crippen LogP contribution in [0, 0.1) is 0 Å². The number of ether oxygens (including phenoxy) is 2. The maximum atomic E-state index is 11.1. The van der Waals surface area contributed by atoms with Crippen molar-refractivity contribution in [3.63, 3.8) is 0 Å². The second kappa shape index (κ2) is 6.63. The molecule has 1 aromatic heterocycles. The number of primary amides is 1. The Bertz CT molecular complexity index is 427. The Morgan fingerprint density at radius 2 is 2.47 bits per heavy atom. The van der Waals surface area contributed by atoms with Crippen LogP contribution in [0.5, 0.6) is 0 Å². The summed E-state index contributed by atoms with van der Waals surface area (Å²) in [5, 5.41) is 8.19. The Morgan fingerprint density at radius 3 is 3.11 bits per heavy atom. The number of hydrogen-bond acceptors (Lipinski definition) is 5. The van der Waals surface area contributed by atoms with Crippen molar-refractivity contribution in [1.82, 2.24) is 15.0 Å². The summed E-state index contributed by atoms with van der Waals surface area (Å²) in [5.74, 6) is -0.150. The fraction of sp³-hybridized carbons (Fsp3) is 0.750. The zero-order chi connectivity index (χ0) is 13.7. The highest BCUT2D eigenvalue weighted by atomic mass is 16.5. The first-order chi connectivity index (χ1) is 9.22. The van der Waals surface area contributed by atoms with E-state index < -0.39 is 5.91 Å². The number of carbonyl (C=O) groups excluding carboxylic acids is 1. The lowest BCUT2D eigenvalue weighted by Crippen LogP contribution is -2.18. The van der Waals surface area contributed by atoms with Gasteiger partial charge < -0.3 is 15.2 Å². The summed E-state index contributed by atoms with van der Waals surface area (Å²) in [4.78, 5) is 11.1. The zero-order valence-corrected chi connectivity index (χ0v) is 11.2. The lowest BCUT2D eigenvalue weighted by Gasteiger charge is -2.12. The minimum absolute atomic E-state index is 0.125. The van der Waals surface area contributed by atoms with E-state index in [0.717, 1.165) is 18.7 Å². The van der Waals surface area contributed by atoms with E-state index in [-0.39, 0.29) is 12.3 Å². The van der Waals surface area contributed by atoms with Gasteiger partial charge in [-0.05, 0) is 13.3 Å². The van der Waals surface area contributed by atoms with Crippen molar-refractivity contribution < 1.29 is 14.3 Å². The minimum Gasteiger partial charge on any atom is -0.381 e. The van der Waals surface area contributed by atoms with E-state index >= 15 is 0 Å². The van der Waals surface area contributed by atoms with Crippen molar-refractivity contribution in [1.29, 1.82) is 0 Å². The maximum absolute atomic E-state index is 11.1. The molecule has 7 heteroatoms. The van der Waals surface area contributed by atoms with Gasteiger partial charge in [0.1, 0.15) is 0 Å². The molecular formula is C12H20N4O3. The van der Waals surface area contributed by atoms with Gasteiger partial charge in [-0.3, -0.25) is 4.79 Å². The molecule has 1 unspecified atom stereocenters. The van der Waals surface area contributed by atoms with Crippen LogP contribution in [-0.2, 0) is 27.2 Å². The molecule has 1 amide bonds. The van der Waals surface area contributed by atoms with Crippen LogP contribution in [0.2, 0.25) is 0 Å². The Balaban J connectivity index is 2.16. The molecule has 1 aliphatic heterocycles. The van der Waals surface area contributed by atoms with Crippen LogP contribution in [0.1, 0.15) is 30.7 Å². The van der Waals surface area contributed by atoms with Crippen LogP contribution in [0.3, 0.4) is 0 Å². The molecule has 0 spiro atoms. The average Bonchev–Trinajstić information content (AvgIpc) is 2.98. The molecule has 1 atom stereocenters. The summed E-state index contributed by atoms with van der Waals surface area (Å²) >= 11 is 0. The third-order valence-electron chi connectivity index (χ3n) is 3.16. The molecular weight excluding hydrogens is 248 g/mol. The van der Waals surface area contributed by atoms with E-state index in [9.17, 15) is 4.79 Å². The first-order valence-electron chi connectivity index (χ1n) is 6.58. The standard InChI is InChI=1S/C12H20N4O3/c1-2-18-6-4-16-12(9-3-5-19-8-9)10(14-15-16)7-11(13)17/h9H,2-8H2,1H3,(H2,13,17). The molecule has 1 fully saturated rings. The molecule has 2 rings (SSSR count). The highest BCUT2D eigenvalue weighted by Gasteiger charge is 2.26. The number of rotatable bonds is 7. The normalized spacial score (nSPS) is 18.9. The first kappa shape index (κ1) is 14.0. The number of nitrogens with two attached hydrogens (primary N) is 1. The van der Waals surface area contributed by atoms with E-state index in [0.29, 0.717) is 32.1 Å². The predicted octanol–water partition coefficient (Wildman–Crippen LogP) is -0.154. The van der Waals surface area contributed by atoms with Gasteiger partial charge in [-0.1, -0.05) is 5.21 Å². The van der Waals surface area contributed by atoms with Gasteiger partial charge in [0, 0.05) is 19.1 Å². The molecule has 106 valence electrons. The second-order valence-electron chi connectivity index (χ2n) is 4.55. The van der Waals surface area contributed by atoms with Crippen LogP contribution >= 0.6 is 0 Å². The van der Waals surface area contributed by atoms with Crippen LogP contribution in [0.15, 0.2) is 0 Å². The van der Waals surface area contributed by atoms with E-state index in [1.807, 2.05) is 11.6 Å². The Morgan fingerprint density at radius 1 is 1.63 bits per heavy atom. The fourth-order valence-electron chi connectivity index (χ4n) is 2.30. The van der Waals surface area contributed by atoms with Crippen molar-refractivity contribution in [3.05, 3.63) is 11.4 Å². The second-order valence-corrected chi connectivity index (χ2v) is 4.55. The molecule has 0 aliphatic carbocycles. The van der Waals surface area contributed by atoms with Crippen LogP contribution in [0.25, 0.3) is 0 Å². The number of hydrogen-bond donors (Lipinski definition) is 1. The zero-order valence-electron chi connectivity index (χ0n) is 11.2. The molecule has 7 nitrogen and oxygen atoms in total. The number of aromatic nitrogens is 3. The highest BCUT2D eigenvalue weighted by Crippen LogP contribution is 2.27. The molecule has 1 aliphatic rings. The lowest BCUT2D eigenvalue weighted by atomic mass is 10.0. The summed E-state index contributed by atoms with van der Waals surface area (Å²) in [7, 11) is 0. The molecule has 2 heterocycles. The van der Waals surface area contributed by atoms with E-state index in [4.69, 9.17) is 15.2 Å². The SMILES string of the molecule is CCOCCn1nnc(CC(N)=O)c1C1CCOC1. The van der Waals surface area contributed by atoms with Gasteiger partial charge >= 0.3 is 0 Å². The number of nitrogens with zero attached hydrogens (tertiary/aromatic N) is 3. The molecule has 0 bridgehead atoms. The van der Waals surface area contributed by atoms with Crippen LogP contribution in [0.4, 0.5) is 0 Å². The minimum atomic E-state index is -0.392. The Kier molecular flexibility index (Phi) is 4.86. The fourth-order valence-corrected chi connectivity index (χ4v) is 2.30. The third-order valence-corrected chi connectivity index (χ3v) is 3.16. The van der Waals surface area contributed by atoms with Gasteiger partial charge in [-0.25, -0.2) is 4.68 Å². The number of carbonyl (C=O) groups is 1. The monoisotopic (exact) mass is 268 g/mol. The van der Waals surface area contributed by atoms with Gasteiger partial charge in [0.15, 0.2) is 0 Å². The largest absolute Gasteiger partial charge is 0.381 e. The Hall–Kier alpha value is -1.47. The summed E-state index contributed by atoms with van der Waals surface area (Å²) < 4.78 is 12.6. The van der Waals surface area contributed by atoms with E-state index in [2.05, 4.69) is 10.3 Å². The molecule has 0 saturated carbocycles. The van der Waals surface area contributed by atoms with Crippen molar-refractivity contribution in [2.24, 2.45) is 5.73 Å². The van der Waals surface area contributed by atoms with Gasteiger partial charge in [0.05, 0.1) is 37.6 Å². The lowest BCUT2D eigenvalue weighted by molar-refractivity contribution is -0.117. The maximum Gasteiger partial charge on any atom is 0.223 e. The predicted molar refractivity (Wildman–Crippen MR) is 67.6 cm³/mol. The summed E-state index contributed by atoms with van der Waals surface area (Å²) in [6.45, 7) is 5.21. The molecule has 19 heavy (non-hydrogen) atoms. The van der Waals surface area contributed by atoms with Crippen molar-refractivity contribution in [2.75, 3.05) is 26.4 Å². The van der Waals surface area contributed by atoms with Crippen LogP contribution < -0.4 is 5.73 Å². The topological polar surface area (TPSA) is 92.3 Å². The molecule has 0 aromatic carbocycles.